The third-order valence-electron chi connectivity index (χ3n) is 6.94. The van der Waals surface area contributed by atoms with Gasteiger partial charge in [-0.1, -0.05) is 96.7 Å². The van der Waals surface area contributed by atoms with Gasteiger partial charge in [-0.05, 0) is 10.8 Å². The predicted octanol–water partition coefficient (Wildman–Crippen LogP) is 4.03. The normalized spacial score (nSPS) is 14.6. The molecule has 1 aliphatic rings. The molecule has 0 fully saturated rings. The quantitative estimate of drug-likeness (QED) is 0.277. The topological polar surface area (TPSA) is 0 Å². The van der Waals surface area contributed by atoms with Crippen LogP contribution in [0.4, 0.5) is 0 Å². The monoisotopic (exact) mass is 634 g/mol. The van der Waals surface area contributed by atoms with E-state index in [0.717, 1.165) is 0 Å². The fourth-order valence-corrected chi connectivity index (χ4v) is 4.95. The molecule has 4 aromatic rings. The molecule has 0 saturated carbocycles. The third-order valence-corrected chi connectivity index (χ3v) is 7.76. The number of allylic oxidation sites excluding steroid dienone is 4. The summed E-state index contributed by atoms with van der Waals surface area (Å²) in [7, 11) is 0. The number of halogens is 2. The van der Waals surface area contributed by atoms with Crippen molar-refractivity contribution in [1.29, 1.82) is 0 Å². The Hall–Kier alpha value is -1.66. The third kappa shape index (κ3) is 9.74. The van der Waals surface area contributed by atoms with Crippen LogP contribution in [0.5, 0.6) is 0 Å². The summed E-state index contributed by atoms with van der Waals surface area (Å²) in [5.74, 6) is 0.551. The first kappa shape index (κ1) is 35.4. The Morgan fingerprint density at radius 3 is 1.49 bits per heavy atom. The SMILES string of the molecule is CC(C)(C)c1ccc2[cH-]c3ccc(C(C)(C)C)cc3c2c1.CC1=[C-]C(C)C=C1C.[Cl-].[Cl-].[Zr+2]=[CH]c1ccccc1. The summed E-state index contributed by atoms with van der Waals surface area (Å²) in [6.07, 6.45) is 5.52. The van der Waals surface area contributed by atoms with Crippen molar-refractivity contribution in [2.24, 2.45) is 5.92 Å². The van der Waals surface area contributed by atoms with E-state index in [4.69, 9.17) is 0 Å². The molecular formula is C36H42Cl2Zr-2. The van der Waals surface area contributed by atoms with Crippen LogP contribution in [0, 0.1) is 12.0 Å². The molecule has 3 heteroatoms. The van der Waals surface area contributed by atoms with Crippen LogP contribution in [0.2, 0.25) is 0 Å². The predicted molar refractivity (Wildman–Crippen MR) is 161 cm³/mol. The van der Waals surface area contributed by atoms with E-state index in [-0.39, 0.29) is 35.6 Å². The summed E-state index contributed by atoms with van der Waals surface area (Å²) in [5.41, 5.74) is 7.23. The fourth-order valence-electron chi connectivity index (χ4n) is 4.48. The van der Waals surface area contributed by atoms with Gasteiger partial charge in [0.1, 0.15) is 0 Å². The van der Waals surface area contributed by atoms with E-state index < -0.39 is 0 Å². The van der Waals surface area contributed by atoms with Crippen molar-refractivity contribution in [1.82, 2.24) is 0 Å². The molecule has 0 amide bonds. The van der Waals surface area contributed by atoms with Gasteiger partial charge in [0.15, 0.2) is 0 Å². The maximum atomic E-state index is 3.29. The van der Waals surface area contributed by atoms with Gasteiger partial charge in [-0.2, -0.15) is 6.08 Å². The van der Waals surface area contributed by atoms with E-state index >= 15 is 0 Å². The second-order valence-corrected chi connectivity index (χ2v) is 12.9. The first-order valence-electron chi connectivity index (χ1n) is 13.3. The summed E-state index contributed by atoms with van der Waals surface area (Å²) in [6.45, 7) is 20.1. The van der Waals surface area contributed by atoms with E-state index in [1.54, 1.807) is 0 Å². The van der Waals surface area contributed by atoms with Gasteiger partial charge in [-0.25, -0.2) is 11.1 Å². The van der Waals surface area contributed by atoms with Crippen molar-refractivity contribution in [3.05, 3.63) is 113 Å². The van der Waals surface area contributed by atoms with E-state index in [2.05, 4.69) is 145 Å². The maximum absolute atomic E-state index is 3.29. The minimum absolute atomic E-state index is 0. The average molecular weight is 637 g/mol. The first-order valence-corrected chi connectivity index (χ1v) is 14.7. The summed E-state index contributed by atoms with van der Waals surface area (Å²) < 4.78 is 2.17. The Morgan fingerprint density at radius 2 is 1.21 bits per heavy atom. The van der Waals surface area contributed by atoms with Crippen LogP contribution in [0.1, 0.15) is 79.0 Å². The van der Waals surface area contributed by atoms with Crippen LogP contribution < -0.4 is 24.8 Å². The van der Waals surface area contributed by atoms with Crippen LogP contribution in [0.3, 0.4) is 0 Å². The van der Waals surface area contributed by atoms with Crippen LogP contribution in [0.25, 0.3) is 21.5 Å². The van der Waals surface area contributed by atoms with Gasteiger partial charge < -0.3 is 24.8 Å². The van der Waals surface area contributed by atoms with Crippen LogP contribution in [-0.2, 0) is 35.1 Å². The zero-order valence-corrected chi connectivity index (χ0v) is 28.9. The molecule has 1 unspecified atom stereocenters. The zero-order chi connectivity index (χ0) is 27.4. The molecule has 0 saturated heterocycles. The average Bonchev–Trinajstić information content (AvgIpc) is 3.35. The fraction of sp³-hybridized carbons (Fsp3) is 0.333. The van der Waals surface area contributed by atoms with Crippen molar-refractivity contribution in [3.8, 4) is 0 Å². The molecule has 0 spiro atoms. The molecule has 0 heterocycles. The number of rotatable bonds is 1. The number of hydrogen-bond acceptors (Lipinski definition) is 0. The van der Waals surface area contributed by atoms with Crippen LogP contribution in [-0.4, -0.2) is 3.71 Å². The molecule has 5 rings (SSSR count). The Balaban J connectivity index is 0.000000350. The van der Waals surface area contributed by atoms with Gasteiger partial charge in [0, 0.05) is 0 Å². The van der Waals surface area contributed by atoms with E-state index in [1.165, 1.54) is 73.6 Å². The molecule has 0 bridgehead atoms. The standard InChI is InChI=1S/C21H25.C8H11.C7H6.2ClH.Zr/c1-20(2,3)16-9-7-14-11-15-8-10-17(21(4,5)6)13-19(15)18(14)12-16;1-6-4-7(2)8(3)5-6;1-7-5-3-2-4-6-7;;;/h7-13H,1-6H3;4,6H,1-3H3;1-6H;2*1H;/q2*-1;;;;+2/p-2. The molecule has 1 atom stereocenters. The zero-order valence-electron chi connectivity index (χ0n) is 24.9. The molecule has 0 radical (unpaired) electrons. The van der Waals surface area contributed by atoms with Gasteiger partial charge in [-0.3, -0.25) is 6.08 Å². The van der Waals surface area contributed by atoms with Crippen molar-refractivity contribution in [2.45, 2.75) is 73.1 Å². The molecule has 0 N–H and O–H groups in total. The second kappa shape index (κ2) is 14.8. The van der Waals surface area contributed by atoms with Gasteiger partial charge in [0.05, 0.1) is 0 Å². The molecular weight excluding hydrogens is 595 g/mol. The van der Waals surface area contributed by atoms with Gasteiger partial charge >= 0.3 is 63.8 Å². The Labute approximate surface area is 264 Å². The van der Waals surface area contributed by atoms with E-state index in [9.17, 15) is 0 Å². The van der Waals surface area contributed by atoms with Crippen molar-refractivity contribution >= 4 is 25.3 Å². The number of benzene rings is 3. The molecule has 0 aromatic heterocycles. The number of hydrogen-bond donors (Lipinski definition) is 0. The van der Waals surface area contributed by atoms with Crippen molar-refractivity contribution in [3.63, 3.8) is 0 Å². The Kier molecular flexibility index (Phi) is 13.4. The van der Waals surface area contributed by atoms with Crippen molar-refractivity contribution in [2.75, 3.05) is 0 Å². The van der Waals surface area contributed by atoms with Crippen molar-refractivity contribution < 1.29 is 49.0 Å². The van der Waals surface area contributed by atoms with Gasteiger partial charge in [0.2, 0.25) is 0 Å². The van der Waals surface area contributed by atoms with Crippen LogP contribution >= 0.6 is 0 Å². The molecule has 0 aliphatic heterocycles. The molecule has 206 valence electrons. The number of fused-ring (bicyclic) bond motifs is 3. The Bertz CT molecular complexity index is 1340. The molecule has 4 aromatic carbocycles. The summed E-state index contributed by atoms with van der Waals surface area (Å²) in [5, 5.41) is 5.49. The summed E-state index contributed by atoms with van der Waals surface area (Å²) in [6, 6.07) is 26.5. The molecule has 39 heavy (non-hydrogen) atoms. The molecule has 0 nitrogen and oxygen atoms in total. The Morgan fingerprint density at radius 1 is 0.744 bits per heavy atom. The van der Waals surface area contributed by atoms with Gasteiger partial charge in [0.25, 0.3) is 0 Å². The second-order valence-electron chi connectivity index (χ2n) is 12.2. The molecule has 1 aliphatic carbocycles. The van der Waals surface area contributed by atoms with Crippen LogP contribution in [0.15, 0.2) is 90.0 Å². The minimum atomic E-state index is 0. The first-order chi connectivity index (χ1) is 17.3. The van der Waals surface area contributed by atoms with E-state index in [1.807, 2.05) is 6.07 Å². The van der Waals surface area contributed by atoms with Gasteiger partial charge in [-0.15, -0.1) is 46.7 Å². The van der Waals surface area contributed by atoms with E-state index in [0.29, 0.717) is 5.92 Å². The summed E-state index contributed by atoms with van der Waals surface area (Å²) in [4.78, 5) is 0. The summed E-state index contributed by atoms with van der Waals surface area (Å²) >= 11 is 1.46.